The summed E-state index contributed by atoms with van der Waals surface area (Å²) in [6, 6.07) is 8.70. The molecule has 0 unspecified atom stereocenters. The molecule has 2 fully saturated rings. The molecule has 3 heterocycles. The van der Waals surface area contributed by atoms with Crippen molar-refractivity contribution in [2.45, 2.75) is 32.4 Å². The number of carboxylic acids is 1. The Balaban J connectivity index is 1.26. The molecule has 1 aromatic carbocycles. The summed E-state index contributed by atoms with van der Waals surface area (Å²) in [4.78, 5) is 44.3. The zero-order valence-electron chi connectivity index (χ0n) is 19.9. The summed E-state index contributed by atoms with van der Waals surface area (Å²) in [6.07, 6.45) is 1.17. The van der Waals surface area contributed by atoms with E-state index in [0.717, 1.165) is 18.7 Å². The molecule has 2 N–H and O–H groups in total. The number of ether oxygens (including phenoxy) is 1. The second kappa shape index (κ2) is 11.0. The first-order valence-electron chi connectivity index (χ1n) is 11.8. The molecule has 2 amide bonds. The van der Waals surface area contributed by atoms with E-state index in [9.17, 15) is 14.4 Å². The highest BCUT2D eigenvalue weighted by atomic mass is 35.5. The van der Waals surface area contributed by atoms with Crippen molar-refractivity contribution >= 4 is 41.0 Å². The van der Waals surface area contributed by atoms with Gasteiger partial charge < -0.3 is 25.0 Å². The summed E-state index contributed by atoms with van der Waals surface area (Å²) < 4.78 is 5.68. The molecule has 2 aromatic rings. The van der Waals surface area contributed by atoms with Crippen molar-refractivity contribution in [3.63, 3.8) is 0 Å². The standard InChI is InChI=1S/C25H28Cl2N4O5/c1-2-20(36-23-19(27)9-18(26)11-29-23)22(34)28-10-16-4-3-5-17(8-16)24(35)31-14-25(15-31)12-30(13-25)7-6-21(32)33/h3-5,8-9,11,20H,2,6-7,10,12-15H2,1H3,(H,28,34)(H,32,33)/t20-/m1/s1. The Hall–Kier alpha value is -2.88. The average Bonchev–Trinajstić information content (AvgIpc) is 2.80. The van der Waals surface area contributed by atoms with Gasteiger partial charge in [0.25, 0.3) is 11.8 Å². The van der Waals surface area contributed by atoms with Crippen LogP contribution in [0.25, 0.3) is 0 Å². The van der Waals surface area contributed by atoms with Gasteiger partial charge in [-0.2, -0.15) is 0 Å². The van der Waals surface area contributed by atoms with E-state index in [1.807, 2.05) is 17.9 Å². The van der Waals surface area contributed by atoms with Crippen molar-refractivity contribution < 1.29 is 24.2 Å². The molecular weight excluding hydrogens is 507 g/mol. The van der Waals surface area contributed by atoms with E-state index in [4.69, 9.17) is 33.0 Å². The van der Waals surface area contributed by atoms with Gasteiger partial charge in [-0.15, -0.1) is 0 Å². The van der Waals surface area contributed by atoms with E-state index in [2.05, 4.69) is 15.2 Å². The van der Waals surface area contributed by atoms with Crippen LogP contribution in [0.4, 0.5) is 0 Å². The second-order valence-electron chi connectivity index (χ2n) is 9.39. The first-order valence-corrected chi connectivity index (χ1v) is 12.5. The fourth-order valence-corrected chi connectivity index (χ4v) is 5.09. The Morgan fingerprint density at radius 1 is 1.19 bits per heavy atom. The zero-order valence-corrected chi connectivity index (χ0v) is 21.4. The molecule has 11 heteroatoms. The molecule has 192 valence electrons. The maximum Gasteiger partial charge on any atom is 0.304 e. The Kier molecular flexibility index (Phi) is 8.02. The van der Waals surface area contributed by atoms with Gasteiger partial charge in [0.15, 0.2) is 6.10 Å². The number of benzene rings is 1. The van der Waals surface area contributed by atoms with Crippen molar-refractivity contribution in [1.82, 2.24) is 20.1 Å². The number of nitrogens with one attached hydrogen (secondary N) is 1. The predicted molar refractivity (Wildman–Crippen MR) is 134 cm³/mol. The number of halogens is 2. The molecule has 0 aliphatic carbocycles. The van der Waals surface area contributed by atoms with Crippen molar-refractivity contribution in [3.8, 4) is 5.88 Å². The lowest BCUT2D eigenvalue weighted by molar-refractivity contribution is -0.139. The molecule has 1 spiro atoms. The molecule has 1 atom stereocenters. The number of likely N-dealkylation sites (tertiary alicyclic amines) is 2. The smallest absolute Gasteiger partial charge is 0.304 e. The van der Waals surface area contributed by atoms with Crippen LogP contribution >= 0.6 is 23.2 Å². The summed E-state index contributed by atoms with van der Waals surface area (Å²) >= 11 is 12.0. The third-order valence-electron chi connectivity index (χ3n) is 6.43. The van der Waals surface area contributed by atoms with Crippen LogP contribution in [0.15, 0.2) is 36.5 Å². The number of carboxylic acid groups (broad SMARTS) is 1. The first kappa shape index (κ1) is 26.2. The molecule has 1 aromatic heterocycles. The number of hydrogen-bond donors (Lipinski definition) is 2. The third kappa shape index (κ3) is 6.08. The molecule has 2 aliphatic rings. The SMILES string of the molecule is CC[C@@H](Oc1ncc(Cl)cc1Cl)C(=O)NCc1cccc(C(=O)N2CC3(CN(CCC(=O)O)C3)C2)c1. The van der Waals surface area contributed by atoms with Gasteiger partial charge in [0.2, 0.25) is 5.88 Å². The average molecular weight is 535 g/mol. The van der Waals surface area contributed by atoms with Crippen LogP contribution in [0.1, 0.15) is 35.7 Å². The van der Waals surface area contributed by atoms with Crippen LogP contribution in [0.2, 0.25) is 10.0 Å². The number of hydrogen-bond acceptors (Lipinski definition) is 6. The number of aromatic nitrogens is 1. The lowest BCUT2D eigenvalue weighted by atomic mass is 9.72. The summed E-state index contributed by atoms with van der Waals surface area (Å²) in [5.74, 6) is -1.02. The number of amides is 2. The van der Waals surface area contributed by atoms with E-state index in [0.29, 0.717) is 36.6 Å². The summed E-state index contributed by atoms with van der Waals surface area (Å²) in [7, 11) is 0. The summed E-state index contributed by atoms with van der Waals surface area (Å²) in [6.45, 7) is 5.61. The fraction of sp³-hybridized carbons (Fsp3) is 0.440. The minimum absolute atomic E-state index is 0.0454. The van der Waals surface area contributed by atoms with E-state index in [1.54, 1.807) is 18.2 Å². The number of nitrogens with zero attached hydrogens (tertiary/aromatic N) is 3. The molecule has 0 radical (unpaired) electrons. The van der Waals surface area contributed by atoms with Gasteiger partial charge in [0.1, 0.15) is 5.02 Å². The highest BCUT2D eigenvalue weighted by Gasteiger charge is 2.52. The predicted octanol–water partition coefficient (Wildman–Crippen LogP) is 3.09. The lowest BCUT2D eigenvalue weighted by Gasteiger charge is -2.60. The van der Waals surface area contributed by atoms with Crippen LogP contribution in [-0.4, -0.2) is 76.5 Å². The van der Waals surface area contributed by atoms with Crippen LogP contribution in [0, 0.1) is 5.41 Å². The maximum atomic E-state index is 13.0. The van der Waals surface area contributed by atoms with Gasteiger partial charge >= 0.3 is 5.97 Å². The highest BCUT2D eigenvalue weighted by molar-refractivity contribution is 6.35. The van der Waals surface area contributed by atoms with E-state index in [-0.39, 0.29) is 41.1 Å². The highest BCUT2D eigenvalue weighted by Crippen LogP contribution is 2.40. The topological polar surface area (TPSA) is 112 Å². The fourth-order valence-electron chi connectivity index (χ4n) is 4.67. The Bertz CT molecular complexity index is 1150. The van der Waals surface area contributed by atoms with Crippen LogP contribution in [0.3, 0.4) is 0 Å². The minimum atomic E-state index is -0.793. The normalized spacial score (nSPS) is 17.1. The monoisotopic (exact) mass is 534 g/mol. The van der Waals surface area contributed by atoms with Gasteiger partial charge in [-0.05, 0) is 30.2 Å². The van der Waals surface area contributed by atoms with Crippen molar-refractivity contribution in [3.05, 3.63) is 57.7 Å². The number of pyridine rings is 1. The molecule has 0 bridgehead atoms. The van der Waals surface area contributed by atoms with Gasteiger partial charge in [0.05, 0.1) is 11.4 Å². The molecule has 2 aliphatic heterocycles. The molecule has 2 saturated heterocycles. The zero-order chi connectivity index (χ0) is 25.9. The number of carbonyl (C=O) groups excluding carboxylic acids is 2. The maximum absolute atomic E-state index is 13.0. The molecule has 0 saturated carbocycles. The third-order valence-corrected chi connectivity index (χ3v) is 6.91. The van der Waals surface area contributed by atoms with Crippen LogP contribution < -0.4 is 10.1 Å². The van der Waals surface area contributed by atoms with Crippen molar-refractivity contribution in [1.29, 1.82) is 0 Å². The van der Waals surface area contributed by atoms with Crippen LogP contribution in [-0.2, 0) is 16.1 Å². The molecule has 9 nitrogen and oxygen atoms in total. The van der Waals surface area contributed by atoms with E-state index < -0.39 is 12.1 Å². The van der Waals surface area contributed by atoms with Gasteiger partial charge in [0, 0.05) is 56.4 Å². The lowest BCUT2D eigenvalue weighted by Crippen LogP contribution is -2.72. The minimum Gasteiger partial charge on any atom is -0.481 e. The van der Waals surface area contributed by atoms with Crippen LogP contribution in [0.5, 0.6) is 5.88 Å². The van der Waals surface area contributed by atoms with Gasteiger partial charge in [-0.3, -0.25) is 14.4 Å². The Morgan fingerprint density at radius 2 is 1.94 bits per heavy atom. The first-order chi connectivity index (χ1) is 17.2. The number of aliphatic carboxylic acids is 1. The van der Waals surface area contributed by atoms with Crippen molar-refractivity contribution in [2.24, 2.45) is 5.41 Å². The number of rotatable bonds is 10. The number of carbonyl (C=O) groups is 3. The van der Waals surface area contributed by atoms with Crippen molar-refractivity contribution in [2.75, 3.05) is 32.7 Å². The second-order valence-corrected chi connectivity index (χ2v) is 10.2. The van der Waals surface area contributed by atoms with Gasteiger partial charge in [-0.25, -0.2) is 4.98 Å². The molecular formula is C25H28Cl2N4O5. The summed E-state index contributed by atoms with van der Waals surface area (Å²) in [5, 5.41) is 12.3. The Labute approximate surface area is 219 Å². The molecule has 4 rings (SSSR count). The van der Waals surface area contributed by atoms with Gasteiger partial charge in [-0.1, -0.05) is 42.3 Å². The van der Waals surface area contributed by atoms with E-state index in [1.165, 1.54) is 12.3 Å². The quantitative estimate of drug-likeness (QED) is 0.481. The van der Waals surface area contributed by atoms with E-state index >= 15 is 0 Å². The Morgan fingerprint density at radius 3 is 2.61 bits per heavy atom. The summed E-state index contributed by atoms with van der Waals surface area (Å²) in [5.41, 5.74) is 1.46. The largest absolute Gasteiger partial charge is 0.481 e. The molecule has 36 heavy (non-hydrogen) atoms.